The Morgan fingerprint density at radius 2 is 1.18 bits per heavy atom. The highest BCUT2D eigenvalue weighted by Crippen LogP contribution is 2.38. The van der Waals surface area contributed by atoms with Crippen LogP contribution in [-0.2, 0) is 10.8 Å². The number of hydrogen-bond acceptors (Lipinski definition) is 2. The molecule has 3 aromatic heterocycles. The zero-order valence-corrected chi connectivity index (χ0v) is 35.6. The van der Waals surface area contributed by atoms with Crippen LogP contribution in [0.4, 0.5) is 0 Å². The molecule has 5 heteroatoms. The molecule has 0 aliphatic heterocycles. The van der Waals surface area contributed by atoms with E-state index in [1.807, 2.05) is 12.3 Å². The second-order valence-electron chi connectivity index (χ2n) is 18.1. The van der Waals surface area contributed by atoms with Gasteiger partial charge in [-0.05, 0) is 117 Å². The highest BCUT2D eigenvalue weighted by atomic mass is 16.5. The summed E-state index contributed by atoms with van der Waals surface area (Å²) in [5.41, 5.74) is 13.7. The molecule has 0 radical (unpaired) electrons. The molecule has 61 heavy (non-hydrogen) atoms. The number of rotatable bonds is 7. The van der Waals surface area contributed by atoms with Gasteiger partial charge in [0.15, 0.2) is 11.0 Å². The summed E-state index contributed by atoms with van der Waals surface area (Å²) >= 11 is 0. The van der Waals surface area contributed by atoms with Gasteiger partial charge in [0, 0.05) is 29.1 Å². The smallest absolute Gasteiger partial charge is 0.255 e. The predicted molar refractivity (Wildman–Crippen MR) is 252 cm³/mol. The summed E-state index contributed by atoms with van der Waals surface area (Å²) in [5, 5.41) is 2.32. The van der Waals surface area contributed by atoms with E-state index in [9.17, 15) is 0 Å². The highest BCUT2D eigenvalue weighted by molar-refractivity contribution is 6.10. The van der Waals surface area contributed by atoms with Crippen molar-refractivity contribution in [3.8, 4) is 50.9 Å². The van der Waals surface area contributed by atoms with Crippen molar-refractivity contribution in [1.29, 1.82) is 0 Å². The van der Waals surface area contributed by atoms with Gasteiger partial charge in [-0.1, -0.05) is 133 Å². The summed E-state index contributed by atoms with van der Waals surface area (Å²) in [5.74, 6) is 2.39. The first-order chi connectivity index (χ1) is 29.5. The lowest BCUT2D eigenvalue weighted by atomic mass is 9.85. The number of imidazole rings is 1. The molecule has 298 valence electrons. The van der Waals surface area contributed by atoms with Gasteiger partial charge in [0.05, 0.1) is 11.0 Å². The first-order valence-corrected chi connectivity index (χ1v) is 21.1. The first kappa shape index (κ1) is 38.0. The van der Waals surface area contributed by atoms with Crippen molar-refractivity contribution in [2.45, 2.75) is 52.4 Å². The minimum atomic E-state index is -0.0282. The molecule has 10 rings (SSSR count). The Labute approximate surface area is 357 Å². The van der Waals surface area contributed by atoms with Crippen LogP contribution in [0.3, 0.4) is 0 Å². The third-order valence-corrected chi connectivity index (χ3v) is 11.8. The zero-order chi connectivity index (χ0) is 41.9. The van der Waals surface area contributed by atoms with Crippen LogP contribution in [0, 0.1) is 0 Å². The van der Waals surface area contributed by atoms with Gasteiger partial charge >= 0.3 is 0 Å². The molecule has 0 spiro atoms. The van der Waals surface area contributed by atoms with E-state index in [0.29, 0.717) is 0 Å². The van der Waals surface area contributed by atoms with E-state index < -0.39 is 0 Å². The van der Waals surface area contributed by atoms with Crippen molar-refractivity contribution in [2.75, 3.05) is 0 Å². The van der Waals surface area contributed by atoms with Crippen molar-refractivity contribution < 1.29 is 9.30 Å². The number of hydrogen-bond donors (Lipinski definition) is 0. The van der Waals surface area contributed by atoms with E-state index in [4.69, 9.17) is 9.72 Å². The molecule has 0 atom stereocenters. The van der Waals surface area contributed by atoms with Crippen molar-refractivity contribution in [3.05, 3.63) is 200 Å². The average molecular weight is 794 g/mol. The molecule has 0 N–H and O–H groups in total. The predicted octanol–water partition coefficient (Wildman–Crippen LogP) is 14.1. The maximum Gasteiger partial charge on any atom is 0.255 e. The normalized spacial score (nSPS) is 12.1. The minimum absolute atomic E-state index is 0.0257. The van der Waals surface area contributed by atoms with E-state index in [1.54, 1.807) is 0 Å². The van der Waals surface area contributed by atoms with E-state index in [-0.39, 0.29) is 10.8 Å². The molecule has 0 bridgehead atoms. The van der Waals surface area contributed by atoms with Crippen molar-refractivity contribution >= 4 is 32.8 Å². The largest absolute Gasteiger partial charge is 0.457 e. The van der Waals surface area contributed by atoms with Gasteiger partial charge in [0.1, 0.15) is 28.7 Å². The van der Waals surface area contributed by atoms with Crippen LogP contribution in [0.15, 0.2) is 188 Å². The molecule has 0 aliphatic rings. The van der Waals surface area contributed by atoms with Crippen molar-refractivity contribution in [1.82, 2.24) is 14.1 Å². The van der Waals surface area contributed by atoms with Crippen LogP contribution in [0.1, 0.15) is 52.7 Å². The van der Waals surface area contributed by atoms with Gasteiger partial charge < -0.3 is 4.74 Å². The average Bonchev–Trinajstić information content (AvgIpc) is 3.82. The summed E-state index contributed by atoms with van der Waals surface area (Å²) < 4.78 is 13.6. The molecule has 0 aliphatic carbocycles. The van der Waals surface area contributed by atoms with E-state index >= 15 is 0 Å². The van der Waals surface area contributed by atoms with Gasteiger partial charge in [-0.25, -0.2) is 4.98 Å². The van der Waals surface area contributed by atoms with E-state index in [0.717, 1.165) is 56.1 Å². The van der Waals surface area contributed by atoms with Gasteiger partial charge in [0.25, 0.3) is 6.33 Å². The fourth-order valence-corrected chi connectivity index (χ4v) is 8.46. The summed E-state index contributed by atoms with van der Waals surface area (Å²) in [6.45, 7) is 13.6. The summed E-state index contributed by atoms with van der Waals surface area (Å²) in [6, 6.07) is 62.6. The third-order valence-electron chi connectivity index (χ3n) is 11.8. The van der Waals surface area contributed by atoms with Gasteiger partial charge in [-0.2, -0.15) is 9.13 Å². The molecule has 0 unspecified atom stereocenters. The second kappa shape index (κ2) is 14.8. The molecular weight excluding hydrogens is 745 g/mol. The SMILES string of the molecule is CC(C)(C)c1cc(-c2ccccc2)cc(-[n+]2cn(-c3cccc(Oc4ccc5c6cc(-c7ccccc7)ccc6n(-c6cc(C(C)(C)C)ccn6)c5c4)c3)c3ccccc32)c1. The van der Waals surface area contributed by atoms with Crippen molar-refractivity contribution in [2.24, 2.45) is 0 Å². The maximum absolute atomic E-state index is 6.77. The van der Waals surface area contributed by atoms with Crippen LogP contribution >= 0.6 is 0 Å². The number of aromatic nitrogens is 4. The van der Waals surface area contributed by atoms with Crippen LogP contribution in [-0.4, -0.2) is 14.1 Å². The molecule has 0 saturated heterocycles. The van der Waals surface area contributed by atoms with Crippen LogP contribution < -0.4 is 9.30 Å². The number of ether oxygens (including phenoxy) is 1. The van der Waals surface area contributed by atoms with E-state index in [1.165, 1.54) is 38.8 Å². The van der Waals surface area contributed by atoms with Crippen LogP contribution in [0.25, 0.3) is 72.3 Å². The molecule has 0 saturated carbocycles. The number of para-hydroxylation sites is 2. The molecule has 7 aromatic carbocycles. The molecule has 3 heterocycles. The summed E-state index contributed by atoms with van der Waals surface area (Å²) in [6.07, 6.45) is 4.13. The lowest BCUT2D eigenvalue weighted by molar-refractivity contribution is -0.567. The van der Waals surface area contributed by atoms with Crippen LogP contribution in [0.5, 0.6) is 11.5 Å². The number of benzene rings is 7. The summed E-state index contributed by atoms with van der Waals surface area (Å²) in [4.78, 5) is 4.94. The Balaban J connectivity index is 1.06. The van der Waals surface area contributed by atoms with Gasteiger partial charge in [-0.3, -0.25) is 4.57 Å². The highest BCUT2D eigenvalue weighted by Gasteiger charge is 2.24. The standard InChI is InChI=1S/C56H49N4O/c1-55(2,3)42-28-29-57-54(34-42)60-50-27-24-40(38-16-9-7-10-17-38)32-49(50)48-26-25-47(36-53(48)60)61-46-21-15-20-44(35-46)58-37-59(52-23-14-13-22-51(52)58)45-31-41(39-18-11-8-12-19-39)30-43(33-45)56(4,5)6/h7-37H,1-6H3/q+1. The molecule has 5 nitrogen and oxygen atoms in total. The Morgan fingerprint density at radius 1 is 0.475 bits per heavy atom. The number of nitrogens with zero attached hydrogens (tertiary/aromatic N) is 4. The topological polar surface area (TPSA) is 35.9 Å². The quantitative estimate of drug-likeness (QED) is 0.151. The maximum atomic E-state index is 6.77. The summed E-state index contributed by atoms with van der Waals surface area (Å²) in [7, 11) is 0. The Kier molecular flexibility index (Phi) is 9.21. The van der Waals surface area contributed by atoms with Gasteiger partial charge in [0.2, 0.25) is 0 Å². The zero-order valence-electron chi connectivity index (χ0n) is 35.6. The van der Waals surface area contributed by atoms with Gasteiger partial charge in [-0.15, -0.1) is 0 Å². The molecule has 0 fully saturated rings. The monoisotopic (exact) mass is 793 g/mol. The Hall–Kier alpha value is -7.24. The molecule has 0 amide bonds. The van der Waals surface area contributed by atoms with Crippen LogP contribution in [0.2, 0.25) is 0 Å². The molecular formula is C56H49N4O+. The Morgan fingerprint density at radius 3 is 1.93 bits per heavy atom. The molecule has 10 aromatic rings. The number of pyridine rings is 1. The number of fused-ring (bicyclic) bond motifs is 4. The second-order valence-corrected chi connectivity index (χ2v) is 18.1. The van der Waals surface area contributed by atoms with E-state index in [2.05, 4.69) is 231 Å². The fourth-order valence-electron chi connectivity index (χ4n) is 8.46. The third kappa shape index (κ3) is 7.16. The lowest BCUT2D eigenvalue weighted by Gasteiger charge is -2.21. The fraction of sp³-hybridized carbons (Fsp3) is 0.143. The van der Waals surface area contributed by atoms with Crippen molar-refractivity contribution in [3.63, 3.8) is 0 Å². The minimum Gasteiger partial charge on any atom is -0.457 e. The first-order valence-electron chi connectivity index (χ1n) is 21.1. The Bertz CT molecular complexity index is 3230. The lowest BCUT2D eigenvalue weighted by Crippen LogP contribution is -2.29.